The third kappa shape index (κ3) is 3.67. The van der Waals surface area contributed by atoms with Crippen molar-refractivity contribution in [1.82, 2.24) is 15.6 Å². The number of nitrogens with zero attached hydrogens (tertiary/aromatic N) is 3. The van der Waals surface area contributed by atoms with E-state index in [1.165, 1.54) is 0 Å². The van der Waals surface area contributed by atoms with Crippen LogP contribution < -0.4 is 15.5 Å². The number of hydrogen-bond donors (Lipinski definition) is 2. The van der Waals surface area contributed by atoms with Gasteiger partial charge in [0.1, 0.15) is 6.07 Å². The first-order chi connectivity index (χ1) is 13.7. The smallest absolute Gasteiger partial charge is 0.225 e. The second-order valence-electron chi connectivity index (χ2n) is 8.02. The van der Waals surface area contributed by atoms with Gasteiger partial charge in [0.05, 0.1) is 17.0 Å². The fourth-order valence-electron chi connectivity index (χ4n) is 4.50. The molecule has 0 bridgehead atoms. The Morgan fingerprint density at radius 2 is 2.18 bits per heavy atom. The average molecular weight is 377 g/mol. The zero-order chi connectivity index (χ0) is 19.5. The van der Waals surface area contributed by atoms with Gasteiger partial charge in [-0.3, -0.25) is 9.78 Å². The molecule has 2 fully saturated rings. The molecule has 2 N–H and O–H groups in total. The second kappa shape index (κ2) is 8.15. The number of nitriles is 1. The van der Waals surface area contributed by atoms with E-state index in [0.29, 0.717) is 12.1 Å². The number of aromatic nitrogens is 1. The maximum atomic E-state index is 13.0. The van der Waals surface area contributed by atoms with Crippen molar-refractivity contribution in [3.8, 4) is 6.07 Å². The van der Waals surface area contributed by atoms with Gasteiger partial charge in [0, 0.05) is 36.4 Å². The molecule has 2 aromatic rings. The summed E-state index contributed by atoms with van der Waals surface area (Å²) >= 11 is 0. The Morgan fingerprint density at radius 1 is 1.29 bits per heavy atom. The molecule has 0 radical (unpaired) electrons. The van der Waals surface area contributed by atoms with Crippen LogP contribution in [0.25, 0.3) is 10.9 Å². The maximum absolute atomic E-state index is 13.0. The van der Waals surface area contributed by atoms with E-state index in [1.54, 1.807) is 6.20 Å². The first-order valence-electron chi connectivity index (χ1n) is 10.2. The van der Waals surface area contributed by atoms with Crippen molar-refractivity contribution in [3.63, 3.8) is 0 Å². The molecule has 28 heavy (non-hydrogen) atoms. The first-order valence-corrected chi connectivity index (χ1v) is 10.2. The number of fused-ring (bicyclic) bond motifs is 1. The Morgan fingerprint density at radius 3 is 3.04 bits per heavy atom. The van der Waals surface area contributed by atoms with Crippen LogP contribution in [0.1, 0.15) is 31.7 Å². The first kappa shape index (κ1) is 18.7. The number of pyridine rings is 1. The average Bonchev–Trinajstić information content (AvgIpc) is 2.92. The van der Waals surface area contributed by atoms with Crippen LogP contribution in [0.15, 0.2) is 30.5 Å². The molecule has 0 saturated carbocycles. The number of benzene rings is 1. The van der Waals surface area contributed by atoms with Crippen LogP contribution >= 0.6 is 0 Å². The summed E-state index contributed by atoms with van der Waals surface area (Å²) < 4.78 is 0. The maximum Gasteiger partial charge on any atom is 0.225 e. The lowest BCUT2D eigenvalue weighted by Crippen LogP contribution is -2.41. The summed E-state index contributed by atoms with van der Waals surface area (Å²) in [7, 11) is 0. The second-order valence-corrected chi connectivity index (χ2v) is 8.02. The largest absolute Gasteiger partial charge is 0.370 e. The molecule has 2 aliphatic rings. The van der Waals surface area contributed by atoms with E-state index in [1.807, 2.05) is 24.3 Å². The number of carbonyl (C=O) groups excluding carboxylic acids is 1. The van der Waals surface area contributed by atoms with Crippen LogP contribution in [0, 0.1) is 23.2 Å². The Bertz CT molecular complexity index is 897. The monoisotopic (exact) mass is 377 g/mol. The van der Waals surface area contributed by atoms with Crippen molar-refractivity contribution in [2.24, 2.45) is 11.8 Å². The summed E-state index contributed by atoms with van der Waals surface area (Å²) in [5.41, 5.74) is 2.37. The van der Waals surface area contributed by atoms with E-state index in [9.17, 15) is 10.1 Å². The van der Waals surface area contributed by atoms with Crippen LogP contribution in [0.5, 0.6) is 0 Å². The molecule has 0 aliphatic carbocycles. The zero-order valence-electron chi connectivity index (χ0n) is 16.3. The van der Waals surface area contributed by atoms with Crippen molar-refractivity contribution in [1.29, 1.82) is 5.26 Å². The van der Waals surface area contributed by atoms with E-state index >= 15 is 0 Å². The molecule has 3 atom stereocenters. The van der Waals surface area contributed by atoms with E-state index < -0.39 is 0 Å². The summed E-state index contributed by atoms with van der Waals surface area (Å²) in [5, 5.41) is 17.0. The highest BCUT2D eigenvalue weighted by molar-refractivity contribution is 5.95. The topological polar surface area (TPSA) is 81.0 Å². The zero-order valence-corrected chi connectivity index (χ0v) is 16.3. The molecule has 6 nitrogen and oxygen atoms in total. The summed E-state index contributed by atoms with van der Waals surface area (Å²) in [4.78, 5) is 19.6. The summed E-state index contributed by atoms with van der Waals surface area (Å²) in [6.45, 7) is 5.71. The van der Waals surface area contributed by atoms with Crippen molar-refractivity contribution in [2.45, 2.75) is 32.2 Å². The number of hydrogen-bond acceptors (Lipinski definition) is 5. The molecule has 4 rings (SSSR count). The van der Waals surface area contributed by atoms with Crippen molar-refractivity contribution in [3.05, 3.63) is 36.0 Å². The van der Waals surface area contributed by atoms with Crippen molar-refractivity contribution >= 4 is 22.5 Å². The number of carbonyl (C=O) groups is 1. The number of rotatable bonds is 3. The SMILES string of the molecule is C[C@H]1CN(c2ccc(C#N)c3ncccc23)C[C@@H]1C(=O)NC1CCCNCC1. The van der Waals surface area contributed by atoms with Gasteiger partial charge in [-0.25, -0.2) is 0 Å². The fraction of sp³-hybridized carbons (Fsp3) is 0.500. The van der Waals surface area contributed by atoms with Crippen LogP contribution in [0.4, 0.5) is 5.69 Å². The van der Waals surface area contributed by atoms with Crippen LogP contribution in [-0.4, -0.2) is 43.1 Å². The van der Waals surface area contributed by atoms with Gasteiger partial charge >= 0.3 is 0 Å². The van der Waals surface area contributed by atoms with Crippen molar-refractivity contribution in [2.75, 3.05) is 31.1 Å². The minimum absolute atomic E-state index is 0.0152. The summed E-state index contributed by atoms with van der Waals surface area (Å²) in [6.07, 6.45) is 4.89. The Kier molecular flexibility index (Phi) is 5.45. The predicted octanol–water partition coefficient (Wildman–Crippen LogP) is 2.44. The highest BCUT2D eigenvalue weighted by Gasteiger charge is 2.36. The molecule has 0 spiro atoms. The minimum Gasteiger partial charge on any atom is -0.370 e. The molecule has 1 unspecified atom stereocenters. The normalized spacial score (nSPS) is 25.3. The van der Waals surface area contributed by atoms with Gasteiger partial charge in [-0.15, -0.1) is 0 Å². The molecule has 2 saturated heterocycles. The number of anilines is 1. The standard InChI is InChI=1S/C22H27N5O/c1-15-13-27(14-19(15)22(28)26-17-4-2-9-24-11-8-17)20-7-6-16(12-23)21-18(20)5-3-10-25-21/h3,5-7,10,15,17,19,24H,2,4,8-9,11,13-14H2,1H3,(H,26,28)/t15-,17?,19-/m0/s1. The highest BCUT2D eigenvalue weighted by atomic mass is 16.2. The van der Waals surface area contributed by atoms with E-state index in [4.69, 9.17) is 0 Å². The van der Waals surface area contributed by atoms with Gasteiger partial charge in [0.15, 0.2) is 0 Å². The quantitative estimate of drug-likeness (QED) is 0.859. The van der Waals surface area contributed by atoms with Gasteiger partial charge in [0.25, 0.3) is 0 Å². The van der Waals surface area contributed by atoms with E-state index in [2.05, 4.69) is 33.5 Å². The van der Waals surface area contributed by atoms with Crippen LogP contribution in [0.2, 0.25) is 0 Å². The molecule has 1 aromatic carbocycles. The predicted molar refractivity (Wildman–Crippen MR) is 110 cm³/mol. The van der Waals surface area contributed by atoms with Crippen molar-refractivity contribution < 1.29 is 4.79 Å². The van der Waals surface area contributed by atoms with Crippen LogP contribution in [0.3, 0.4) is 0 Å². The lowest BCUT2D eigenvalue weighted by Gasteiger charge is -2.22. The molecule has 6 heteroatoms. The molecular weight excluding hydrogens is 350 g/mol. The number of amides is 1. The van der Waals surface area contributed by atoms with E-state index in [-0.39, 0.29) is 23.8 Å². The van der Waals surface area contributed by atoms with Gasteiger partial charge < -0.3 is 15.5 Å². The lowest BCUT2D eigenvalue weighted by atomic mass is 9.96. The third-order valence-electron chi connectivity index (χ3n) is 6.08. The Labute approximate surface area is 165 Å². The molecular formula is C22H27N5O. The molecule has 3 heterocycles. The fourth-order valence-corrected chi connectivity index (χ4v) is 4.50. The van der Waals surface area contributed by atoms with Gasteiger partial charge in [0.2, 0.25) is 5.91 Å². The number of nitrogens with one attached hydrogen (secondary N) is 2. The lowest BCUT2D eigenvalue weighted by molar-refractivity contribution is -0.126. The Balaban J connectivity index is 1.52. The van der Waals surface area contributed by atoms with Crippen LogP contribution in [-0.2, 0) is 4.79 Å². The molecule has 1 amide bonds. The van der Waals surface area contributed by atoms with Gasteiger partial charge in [-0.2, -0.15) is 5.26 Å². The third-order valence-corrected chi connectivity index (χ3v) is 6.08. The Hall–Kier alpha value is -2.65. The van der Waals surface area contributed by atoms with E-state index in [0.717, 1.165) is 55.5 Å². The van der Waals surface area contributed by atoms with Gasteiger partial charge in [-0.1, -0.05) is 6.92 Å². The molecule has 1 aromatic heterocycles. The summed E-state index contributed by atoms with van der Waals surface area (Å²) in [5.74, 6) is 0.447. The van der Waals surface area contributed by atoms with Gasteiger partial charge in [-0.05, 0) is 62.5 Å². The highest BCUT2D eigenvalue weighted by Crippen LogP contribution is 2.34. The minimum atomic E-state index is -0.0152. The summed E-state index contributed by atoms with van der Waals surface area (Å²) in [6, 6.07) is 10.2. The molecule has 2 aliphatic heterocycles. The molecule has 146 valence electrons.